The van der Waals surface area contributed by atoms with Crippen LogP contribution in [-0.2, 0) is 26.2 Å². The zero-order valence-corrected chi connectivity index (χ0v) is 26.4. The molecule has 0 radical (unpaired) electrons. The van der Waals surface area contributed by atoms with Crippen LogP contribution in [0.1, 0.15) is 12.8 Å². The Kier molecular flexibility index (Phi) is 12.2. The number of aliphatic hydroxyl groups is 2. The molecule has 3 N–H and O–H groups in total. The first kappa shape index (κ1) is 33.0. The van der Waals surface area contributed by atoms with Crippen LogP contribution in [0.4, 0.5) is 28.6 Å². The first-order valence-electron chi connectivity index (χ1n) is 15.8. The predicted molar refractivity (Wildman–Crippen MR) is 176 cm³/mol. The summed E-state index contributed by atoms with van der Waals surface area (Å²) in [6, 6.07) is 24.1. The van der Waals surface area contributed by atoms with Gasteiger partial charge in [0.15, 0.2) is 18.9 Å². The fraction of sp³-hybridized carbons (Fsp3) is 0.286. The Morgan fingerprint density at radius 1 is 0.638 bits per heavy atom. The van der Waals surface area contributed by atoms with Gasteiger partial charge in [0.25, 0.3) is 0 Å². The van der Waals surface area contributed by atoms with Crippen LogP contribution in [0.2, 0.25) is 0 Å². The number of benzene rings is 2. The highest BCUT2D eigenvalue weighted by Crippen LogP contribution is 2.22. The van der Waals surface area contributed by atoms with Gasteiger partial charge in [-0.05, 0) is 65.8 Å². The van der Waals surface area contributed by atoms with Crippen LogP contribution in [0.25, 0.3) is 0 Å². The molecule has 0 atom stereocenters. The van der Waals surface area contributed by atoms with Crippen LogP contribution in [-0.4, -0.2) is 46.2 Å². The standard InChI is InChI=1S/C35H41N9O3/c45-26-24-43(25-27-46)33-12-8-30(9-13-33)37-39-35-7-1-2-20-44(35)21-5-19-42-23-22-41(29-42)18-4-17-40-16-3-6-32(28-40)38-36-31-10-14-34(47)15-11-31/h1-3,6-16,20,22-23,28-29,45-46H,4-5,17-19,21,24-27H2/q+2/p+1. The van der Waals surface area contributed by atoms with Gasteiger partial charge in [0.1, 0.15) is 29.5 Å². The molecule has 2 aromatic carbocycles. The fourth-order valence-electron chi connectivity index (χ4n) is 5.10. The molecule has 5 aromatic rings. The third-order valence-corrected chi connectivity index (χ3v) is 7.51. The molecule has 242 valence electrons. The summed E-state index contributed by atoms with van der Waals surface area (Å²) in [5, 5.41) is 45.5. The Hall–Kier alpha value is -5.33. The van der Waals surface area contributed by atoms with Crippen molar-refractivity contribution in [3.8, 4) is 5.75 Å². The highest BCUT2D eigenvalue weighted by atomic mass is 16.3. The van der Waals surface area contributed by atoms with Gasteiger partial charge in [0, 0.05) is 43.8 Å². The molecule has 0 saturated heterocycles. The summed E-state index contributed by atoms with van der Waals surface area (Å²) in [5.41, 5.74) is 3.12. The number of hydrogen-bond donors (Lipinski definition) is 3. The molecular formula is C35H42N9O3+3. The minimum Gasteiger partial charge on any atom is -0.508 e. The van der Waals surface area contributed by atoms with E-state index in [1.165, 1.54) is 0 Å². The van der Waals surface area contributed by atoms with Gasteiger partial charge in [-0.15, -0.1) is 5.11 Å². The molecule has 0 amide bonds. The van der Waals surface area contributed by atoms with E-state index in [2.05, 4.69) is 57.4 Å². The normalized spacial score (nSPS) is 11.5. The van der Waals surface area contributed by atoms with E-state index in [1.54, 1.807) is 24.3 Å². The average molecular weight is 637 g/mol. The van der Waals surface area contributed by atoms with Gasteiger partial charge in [-0.2, -0.15) is 5.11 Å². The molecule has 0 unspecified atom stereocenters. The van der Waals surface area contributed by atoms with Crippen LogP contribution in [0.5, 0.6) is 5.75 Å². The number of imidazole rings is 1. The van der Waals surface area contributed by atoms with E-state index in [0.717, 1.165) is 61.9 Å². The zero-order chi connectivity index (χ0) is 32.7. The van der Waals surface area contributed by atoms with Crippen molar-refractivity contribution < 1.29 is 29.0 Å². The first-order chi connectivity index (χ1) is 23.1. The lowest BCUT2D eigenvalue weighted by molar-refractivity contribution is -0.726. The van der Waals surface area contributed by atoms with E-state index in [-0.39, 0.29) is 19.0 Å². The highest BCUT2D eigenvalue weighted by molar-refractivity contribution is 5.52. The van der Waals surface area contributed by atoms with Gasteiger partial charge in [-0.1, -0.05) is 6.07 Å². The number of pyridine rings is 2. The maximum Gasteiger partial charge on any atom is 0.350 e. The van der Waals surface area contributed by atoms with Crippen molar-refractivity contribution in [2.24, 2.45) is 20.5 Å². The Morgan fingerprint density at radius 3 is 2.11 bits per heavy atom. The van der Waals surface area contributed by atoms with E-state index >= 15 is 0 Å². The number of aliphatic hydroxyl groups excluding tert-OH is 2. The topological polar surface area (TPSA) is 130 Å². The number of hydrogen-bond acceptors (Lipinski definition) is 8. The van der Waals surface area contributed by atoms with Crippen molar-refractivity contribution in [1.82, 2.24) is 4.57 Å². The minimum atomic E-state index is 0.0230. The number of phenols is 1. The van der Waals surface area contributed by atoms with Crippen LogP contribution >= 0.6 is 0 Å². The first-order valence-corrected chi connectivity index (χ1v) is 15.8. The van der Waals surface area contributed by atoms with Crippen LogP contribution in [0, 0.1) is 0 Å². The van der Waals surface area contributed by atoms with E-state index in [9.17, 15) is 15.3 Å². The number of aromatic nitrogens is 4. The molecule has 0 aliphatic heterocycles. The van der Waals surface area contributed by atoms with Gasteiger partial charge in [0.2, 0.25) is 6.33 Å². The lowest BCUT2D eigenvalue weighted by Gasteiger charge is -2.22. The Balaban J connectivity index is 1.07. The second kappa shape index (κ2) is 17.4. The van der Waals surface area contributed by atoms with Crippen molar-refractivity contribution in [2.75, 3.05) is 31.2 Å². The number of anilines is 1. The summed E-state index contributed by atoms with van der Waals surface area (Å²) < 4.78 is 8.65. The summed E-state index contributed by atoms with van der Waals surface area (Å²) in [5.74, 6) is 0.989. The molecule has 0 saturated carbocycles. The van der Waals surface area contributed by atoms with E-state index in [4.69, 9.17) is 0 Å². The predicted octanol–water partition coefficient (Wildman–Crippen LogP) is 4.86. The molecular weight excluding hydrogens is 594 g/mol. The summed E-state index contributed by atoms with van der Waals surface area (Å²) in [6.45, 7) is 4.42. The van der Waals surface area contributed by atoms with Crippen molar-refractivity contribution in [1.29, 1.82) is 0 Å². The molecule has 5 rings (SSSR count). The second-order valence-electron chi connectivity index (χ2n) is 11.0. The molecule has 0 bridgehead atoms. The summed E-state index contributed by atoms with van der Waals surface area (Å²) in [7, 11) is 0. The summed E-state index contributed by atoms with van der Waals surface area (Å²) in [4.78, 5) is 1.93. The number of phenolic OH excluding ortho intramolecular Hbond substituents is 1. The van der Waals surface area contributed by atoms with Crippen LogP contribution in [0.15, 0.2) is 137 Å². The second-order valence-corrected chi connectivity index (χ2v) is 11.0. The van der Waals surface area contributed by atoms with Crippen molar-refractivity contribution >= 4 is 28.6 Å². The molecule has 12 nitrogen and oxygen atoms in total. The smallest absolute Gasteiger partial charge is 0.350 e. The summed E-state index contributed by atoms with van der Waals surface area (Å²) in [6.07, 6.45) is 14.3. The molecule has 3 aromatic heterocycles. The SMILES string of the molecule is OCCN(CCO)c1ccc(/N=N/c2cccc[n+]2CCCn2cc[n+](CCC[n+]3cccc(/N=N/c4ccc(O)cc4)c3)c2)cc1. The van der Waals surface area contributed by atoms with Crippen molar-refractivity contribution in [3.63, 3.8) is 0 Å². The number of nitrogens with zero attached hydrogens (tertiary/aromatic N) is 9. The van der Waals surface area contributed by atoms with Gasteiger partial charge >= 0.3 is 5.82 Å². The maximum absolute atomic E-state index is 9.42. The Morgan fingerprint density at radius 2 is 1.34 bits per heavy atom. The third kappa shape index (κ3) is 10.3. The number of aromatic hydroxyl groups is 1. The maximum atomic E-state index is 9.42. The average Bonchev–Trinajstić information content (AvgIpc) is 3.55. The van der Waals surface area contributed by atoms with E-state index in [1.807, 2.05) is 78.1 Å². The number of azo groups is 2. The van der Waals surface area contributed by atoms with Gasteiger partial charge < -0.3 is 20.2 Å². The Labute approximate surface area is 274 Å². The van der Waals surface area contributed by atoms with Crippen molar-refractivity contribution in [3.05, 3.63) is 116 Å². The molecule has 47 heavy (non-hydrogen) atoms. The quantitative estimate of drug-likeness (QED) is 0.0995. The van der Waals surface area contributed by atoms with Crippen molar-refractivity contribution in [2.45, 2.75) is 39.0 Å². The molecule has 0 spiro atoms. The lowest BCUT2D eigenvalue weighted by Crippen LogP contribution is -2.37. The lowest BCUT2D eigenvalue weighted by atomic mass is 10.2. The number of rotatable bonds is 17. The zero-order valence-electron chi connectivity index (χ0n) is 26.4. The third-order valence-electron chi connectivity index (χ3n) is 7.51. The van der Waals surface area contributed by atoms with E-state index in [0.29, 0.717) is 18.8 Å². The molecule has 0 fully saturated rings. The van der Waals surface area contributed by atoms with Gasteiger partial charge in [-0.25, -0.2) is 18.3 Å². The monoisotopic (exact) mass is 636 g/mol. The largest absolute Gasteiger partial charge is 0.508 e. The minimum absolute atomic E-state index is 0.0230. The molecule has 3 heterocycles. The highest BCUT2D eigenvalue weighted by Gasteiger charge is 2.12. The molecule has 12 heteroatoms. The van der Waals surface area contributed by atoms with Gasteiger partial charge in [0.05, 0.1) is 49.8 Å². The van der Waals surface area contributed by atoms with Gasteiger partial charge in [-0.3, -0.25) is 0 Å². The van der Waals surface area contributed by atoms with Crippen LogP contribution < -0.4 is 18.6 Å². The summed E-state index contributed by atoms with van der Waals surface area (Å²) >= 11 is 0. The number of aryl methyl sites for hydroxylation is 4. The fourth-order valence-corrected chi connectivity index (χ4v) is 5.10. The Bertz CT molecular complexity index is 1730. The molecule has 0 aliphatic carbocycles. The van der Waals surface area contributed by atoms with Crippen LogP contribution in [0.3, 0.4) is 0 Å². The van der Waals surface area contributed by atoms with E-state index < -0.39 is 0 Å². The molecule has 0 aliphatic rings.